The molecule has 3 heteroatoms. The van der Waals surface area contributed by atoms with Crippen LogP contribution in [0.4, 0.5) is 0 Å². The van der Waals surface area contributed by atoms with Crippen molar-refractivity contribution in [1.29, 1.82) is 0 Å². The van der Waals surface area contributed by atoms with Crippen LogP contribution in [0.2, 0.25) is 0 Å². The first-order valence-corrected chi connectivity index (χ1v) is 16.5. The van der Waals surface area contributed by atoms with Gasteiger partial charge in [0.25, 0.3) is 0 Å². The monoisotopic (exact) mass is 602 g/mol. The van der Waals surface area contributed by atoms with Crippen molar-refractivity contribution in [3.05, 3.63) is 180 Å². The summed E-state index contributed by atoms with van der Waals surface area (Å²) in [6.07, 6.45) is 0. The average molecular weight is 603 g/mol. The molecule has 2 aliphatic carbocycles. The lowest BCUT2D eigenvalue weighted by molar-refractivity contribution is 0.794. The molecule has 0 atom stereocenters. The highest BCUT2D eigenvalue weighted by Gasteiger charge is 2.51. The number of rotatable bonds is 3. The van der Waals surface area contributed by atoms with Crippen molar-refractivity contribution in [2.75, 3.05) is 0 Å². The van der Waals surface area contributed by atoms with E-state index in [1.807, 2.05) is 6.07 Å². The van der Waals surface area contributed by atoms with E-state index in [0.29, 0.717) is 0 Å². The van der Waals surface area contributed by atoms with Crippen molar-refractivity contribution < 1.29 is 0 Å². The van der Waals surface area contributed by atoms with Crippen LogP contribution in [0.15, 0.2) is 158 Å². The molecule has 214 valence electrons. The first-order valence-electron chi connectivity index (χ1n) is 15.7. The summed E-state index contributed by atoms with van der Waals surface area (Å²) in [6.45, 7) is 0. The van der Waals surface area contributed by atoms with Gasteiger partial charge in [0.05, 0.1) is 11.1 Å². The van der Waals surface area contributed by atoms with E-state index in [9.17, 15) is 0 Å². The van der Waals surface area contributed by atoms with Crippen LogP contribution >= 0.6 is 11.3 Å². The second-order valence-electron chi connectivity index (χ2n) is 12.1. The maximum Gasteiger partial charge on any atom is 0.144 e. The molecule has 6 aromatic carbocycles. The molecule has 0 aliphatic heterocycles. The van der Waals surface area contributed by atoms with E-state index in [0.717, 1.165) is 32.2 Å². The number of aromatic nitrogens is 2. The third-order valence-corrected chi connectivity index (χ3v) is 10.8. The summed E-state index contributed by atoms with van der Waals surface area (Å²) in [5.74, 6) is 0. The fourth-order valence-electron chi connectivity index (χ4n) is 7.79. The van der Waals surface area contributed by atoms with Crippen LogP contribution < -0.4 is 0 Å². The van der Waals surface area contributed by atoms with Gasteiger partial charge >= 0.3 is 0 Å². The Balaban J connectivity index is 1.10. The summed E-state index contributed by atoms with van der Waals surface area (Å²) < 4.78 is 0. The van der Waals surface area contributed by atoms with Crippen LogP contribution in [0.25, 0.3) is 65.6 Å². The van der Waals surface area contributed by atoms with Gasteiger partial charge in [-0.2, -0.15) is 0 Å². The fraction of sp³-hybridized carbons (Fsp3) is 0.0233. The van der Waals surface area contributed by atoms with Gasteiger partial charge in [-0.25, -0.2) is 9.97 Å². The molecule has 1 spiro atoms. The van der Waals surface area contributed by atoms with E-state index in [2.05, 4.69) is 152 Å². The van der Waals surface area contributed by atoms with Crippen LogP contribution in [0.3, 0.4) is 0 Å². The van der Waals surface area contributed by atoms with E-state index in [4.69, 9.17) is 9.97 Å². The van der Waals surface area contributed by atoms with Crippen molar-refractivity contribution in [3.63, 3.8) is 0 Å². The number of nitrogens with zero attached hydrogens (tertiary/aromatic N) is 2. The fourth-order valence-corrected chi connectivity index (χ4v) is 8.73. The lowest BCUT2D eigenvalue weighted by Gasteiger charge is -2.30. The van der Waals surface area contributed by atoms with Crippen molar-refractivity contribution in [2.45, 2.75) is 5.41 Å². The maximum absolute atomic E-state index is 5.19. The van der Waals surface area contributed by atoms with Gasteiger partial charge in [-0.1, -0.05) is 151 Å². The van der Waals surface area contributed by atoms with Crippen molar-refractivity contribution in [1.82, 2.24) is 9.97 Å². The average Bonchev–Trinajstić information content (AvgIpc) is 3.78. The number of benzene rings is 6. The maximum atomic E-state index is 5.19. The summed E-state index contributed by atoms with van der Waals surface area (Å²) in [6, 6.07) is 57.2. The molecule has 0 saturated heterocycles. The van der Waals surface area contributed by atoms with Gasteiger partial charge in [-0.15, -0.1) is 0 Å². The summed E-state index contributed by atoms with van der Waals surface area (Å²) in [7, 11) is 0. The minimum atomic E-state index is -0.358. The largest absolute Gasteiger partial charge is 0.235 e. The summed E-state index contributed by atoms with van der Waals surface area (Å²) in [4.78, 5) is 11.1. The van der Waals surface area contributed by atoms with Crippen LogP contribution in [-0.2, 0) is 5.41 Å². The van der Waals surface area contributed by atoms with Gasteiger partial charge in [-0.3, -0.25) is 0 Å². The Morgan fingerprint density at radius 2 is 0.913 bits per heavy atom. The lowest BCUT2D eigenvalue weighted by Crippen LogP contribution is -2.25. The van der Waals surface area contributed by atoms with E-state index in [1.165, 1.54) is 55.6 Å². The topological polar surface area (TPSA) is 25.8 Å². The Labute approximate surface area is 271 Å². The zero-order chi connectivity index (χ0) is 30.2. The molecule has 0 radical (unpaired) electrons. The second-order valence-corrected chi connectivity index (χ2v) is 13.1. The van der Waals surface area contributed by atoms with Crippen LogP contribution in [-0.4, -0.2) is 9.97 Å². The lowest BCUT2D eigenvalue weighted by atomic mass is 9.70. The molecule has 2 heterocycles. The van der Waals surface area contributed by atoms with Crippen LogP contribution in [0.5, 0.6) is 0 Å². The third-order valence-electron chi connectivity index (χ3n) is 9.79. The van der Waals surface area contributed by atoms with E-state index in [1.54, 1.807) is 11.3 Å². The van der Waals surface area contributed by atoms with Crippen molar-refractivity contribution in [2.24, 2.45) is 0 Å². The standard InChI is InChI=1S/C43H26N2S/c1-2-10-27(11-3-1)28-18-20-29(21-19-28)41-45-40-25-24-39(44-42(40)46-41)30-22-23-34-33-14-6-9-17-37(33)43(38(34)26-30)35-15-7-4-12-31(35)32-13-5-8-16-36(32)43/h1-26H. The SMILES string of the molecule is c1ccc(-c2ccc(-c3nc4ccc(-c5ccc6c(c5)C5(c7ccccc7-c7ccccc75)c5ccccc5-6)nc4s3)cc2)cc1. The number of hydrogen-bond donors (Lipinski definition) is 0. The zero-order valence-corrected chi connectivity index (χ0v) is 25.6. The number of hydrogen-bond acceptors (Lipinski definition) is 3. The Hall–Kier alpha value is -5.64. The van der Waals surface area contributed by atoms with Crippen molar-refractivity contribution >= 4 is 21.7 Å². The first kappa shape index (κ1) is 25.7. The molecule has 2 aromatic heterocycles. The predicted molar refractivity (Wildman–Crippen MR) is 190 cm³/mol. The molecule has 46 heavy (non-hydrogen) atoms. The minimum absolute atomic E-state index is 0.358. The Kier molecular flexibility index (Phi) is 5.40. The summed E-state index contributed by atoms with van der Waals surface area (Å²) >= 11 is 1.65. The molecule has 2 nitrogen and oxygen atoms in total. The van der Waals surface area contributed by atoms with Gasteiger partial charge in [0.1, 0.15) is 15.4 Å². The molecule has 0 saturated carbocycles. The van der Waals surface area contributed by atoms with Gasteiger partial charge in [0.2, 0.25) is 0 Å². The van der Waals surface area contributed by atoms with Gasteiger partial charge < -0.3 is 0 Å². The second kappa shape index (κ2) is 9.68. The van der Waals surface area contributed by atoms with Gasteiger partial charge in [-0.05, 0) is 73.8 Å². The van der Waals surface area contributed by atoms with Crippen LogP contribution in [0, 0.1) is 0 Å². The van der Waals surface area contributed by atoms with E-state index in [-0.39, 0.29) is 5.41 Å². The molecule has 10 rings (SSSR count). The third kappa shape index (κ3) is 3.52. The highest BCUT2D eigenvalue weighted by atomic mass is 32.1. The number of fused-ring (bicyclic) bond motifs is 11. The first-order chi connectivity index (χ1) is 22.8. The molecule has 0 unspecified atom stereocenters. The van der Waals surface area contributed by atoms with Crippen LogP contribution in [0.1, 0.15) is 22.3 Å². The highest BCUT2D eigenvalue weighted by molar-refractivity contribution is 7.21. The summed E-state index contributed by atoms with van der Waals surface area (Å²) in [5, 5.41) is 0.988. The normalized spacial score (nSPS) is 13.4. The number of thiazole rings is 1. The Morgan fingerprint density at radius 1 is 0.391 bits per heavy atom. The highest BCUT2D eigenvalue weighted by Crippen LogP contribution is 2.62. The zero-order valence-electron chi connectivity index (χ0n) is 24.8. The van der Waals surface area contributed by atoms with Gasteiger partial charge in [0, 0.05) is 11.1 Å². The summed E-state index contributed by atoms with van der Waals surface area (Å²) in [5.41, 5.74) is 16.8. The minimum Gasteiger partial charge on any atom is -0.235 e. The van der Waals surface area contributed by atoms with E-state index >= 15 is 0 Å². The molecular formula is C43H26N2S. The molecular weight excluding hydrogens is 577 g/mol. The Bertz CT molecular complexity index is 2410. The number of pyridine rings is 1. The smallest absolute Gasteiger partial charge is 0.144 e. The molecule has 0 bridgehead atoms. The predicted octanol–water partition coefficient (Wildman–Crippen LogP) is 11.0. The molecule has 2 aliphatic rings. The molecule has 0 N–H and O–H groups in total. The Morgan fingerprint density at radius 3 is 1.57 bits per heavy atom. The van der Waals surface area contributed by atoms with E-state index < -0.39 is 0 Å². The molecule has 0 fully saturated rings. The molecule has 0 amide bonds. The quantitative estimate of drug-likeness (QED) is 0.201. The molecule has 8 aromatic rings. The van der Waals surface area contributed by atoms with Crippen molar-refractivity contribution in [3.8, 4) is 55.2 Å². The van der Waals surface area contributed by atoms with Gasteiger partial charge in [0.15, 0.2) is 0 Å².